The molecule has 48 heavy (non-hydrogen) atoms. The monoisotopic (exact) mass is 670 g/mol. The molecule has 254 valence electrons. The molecule has 13 heteroatoms. The molecule has 0 saturated heterocycles. The number of alkyl halides is 6. The fourth-order valence-electron chi connectivity index (χ4n) is 6.51. The van der Waals surface area contributed by atoms with Crippen molar-refractivity contribution in [3.05, 3.63) is 82.5 Å². The summed E-state index contributed by atoms with van der Waals surface area (Å²) in [5.74, 6) is 2.13. The summed E-state index contributed by atoms with van der Waals surface area (Å²) in [5.41, 5.74) is 1.04. The van der Waals surface area contributed by atoms with Crippen LogP contribution in [-0.2, 0) is 37.3 Å². The molecular weight excluding hydrogens is 634 g/mol. The molecule has 3 aliphatic rings. The molecule has 0 atom stereocenters. The van der Waals surface area contributed by atoms with Gasteiger partial charge < -0.3 is 14.3 Å². The van der Waals surface area contributed by atoms with E-state index in [1.54, 1.807) is 11.0 Å². The highest BCUT2D eigenvalue weighted by Gasteiger charge is 2.38. The van der Waals surface area contributed by atoms with Crippen LogP contribution in [0.25, 0.3) is 11.3 Å². The third-order valence-electron chi connectivity index (χ3n) is 9.51. The van der Waals surface area contributed by atoms with Crippen LogP contribution in [-0.4, -0.2) is 33.2 Å². The minimum absolute atomic E-state index is 0.112. The average Bonchev–Trinajstić information content (AvgIpc) is 3.95. The van der Waals surface area contributed by atoms with Gasteiger partial charge in [0.25, 0.3) is 0 Å². The minimum atomic E-state index is -4.97. The predicted molar refractivity (Wildman–Crippen MR) is 167 cm³/mol. The summed E-state index contributed by atoms with van der Waals surface area (Å²) in [4.78, 5) is 18.3. The SMILES string of the molecule is CC1(C)CCc2cc(CN(Cc3cc(C(F)(F)F)cc(C(F)(F)F)c3)c3ncc(-c4ccon4)cn3)c(N(CC3CC3)CC3CC3)nc21. The van der Waals surface area contributed by atoms with E-state index in [1.165, 1.54) is 18.7 Å². The van der Waals surface area contributed by atoms with E-state index in [-0.39, 0.29) is 36.1 Å². The Balaban J connectivity index is 1.32. The number of fused-ring (bicyclic) bond motifs is 1. The van der Waals surface area contributed by atoms with Crippen LogP contribution in [0.15, 0.2) is 53.5 Å². The molecule has 4 aromatic rings. The lowest BCUT2D eigenvalue weighted by molar-refractivity contribution is -0.143. The Labute approximate surface area is 274 Å². The van der Waals surface area contributed by atoms with Gasteiger partial charge in [0, 0.05) is 61.2 Å². The standard InChI is InChI=1S/C35H36F6N6O/c1-33(2)9-7-24-13-25(31(44-30(24)33)46(17-21-3-4-21)18-22-5-6-22)20-47(32-42-15-26(16-43-32)29-8-10-48-45-29)19-23-11-27(34(36,37)38)14-28(12-23)35(39,40)41/h8,10-16,21-22H,3-7,9,17-20H2,1-2H3. The van der Waals surface area contributed by atoms with Gasteiger partial charge in [-0.2, -0.15) is 26.3 Å². The Bertz CT molecular complexity index is 1720. The van der Waals surface area contributed by atoms with Gasteiger partial charge in [0.15, 0.2) is 0 Å². The Morgan fingerprint density at radius 3 is 2.00 bits per heavy atom. The summed E-state index contributed by atoms with van der Waals surface area (Å²) >= 11 is 0. The number of benzene rings is 1. The van der Waals surface area contributed by atoms with Crippen LogP contribution in [0.5, 0.6) is 0 Å². The van der Waals surface area contributed by atoms with Crippen molar-refractivity contribution >= 4 is 11.8 Å². The maximum atomic E-state index is 13.8. The molecule has 3 aliphatic carbocycles. The third kappa shape index (κ3) is 7.14. The van der Waals surface area contributed by atoms with E-state index in [0.29, 0.717) is 23.1 Å². The minimum Gasteiger partial charge on any atom is -0.364 e. The first kappa shape index (κ1) is 32.4. The number of rotatable bonds is 11. The molecule has 3 aromatic heterocycles. The number of pyridine rings is 1. The van der Waals surface area contributed by atoms with Crippen LogP contribution in [0.2, 0.25) is 0 Å². The van der Waals surface area contributed by atoms with E-state index in [4.69, 9.17) is 9.51 Å². The molecule has 3 heterocycles. The highest BCUT2D eigenvalue weighted by Crippen LogP contribution is 2.43. The van der Waals surface area contributed by atoms with E-state index in [0.717, 1.165) is 86.4 Å². The van der Waals surface area contributed by atoms with Crippen molar-refractivity contribution in [2.45, 2.75) is 83.2 Å². The summed E-state index contributed by atoms with van der Waals surface area (Å²) in [5, 5.41) is 3.90. The zero-order valence-corrected chi connectivity index (χ0v) is 26.7. The Morgan fingerprint density at radius 1 is 0.833 bits per heavy atom. The van der Waals surface area contributed by atoms with Gasteiger partial charge in [-0.15, -0.1) is 0 Å². The predicted octanol–water partition coefficient (Wildman–Crippen LogP) is 8.62. The van der Waals surface area contributed by atoms with Crippen molar-refractivity contribution in [1.82, 2.24) is 20.1 Å². The van der Waals surface area contributed by atoms with Crippen molar-refractivity contribution in [1.29, 1.82) is 0 Å². The number of halogens is 6. The summed E-state index contributed by atoms with van der Waals surface area (Å²) < 4.78 is 88.0. The van der Waals surface area contributed by atoms with Crippen LogP contribution in [0.3, 0.4) is 0 Å². The molecule has 7 nitrogen and oxygen atoms in total. The topological polar surface area (TPSA) is 71.2 Å². The number of nitrogens with zero attached hydrogens (tertiary/aromatic N) is 6. The molecule has 0 amide bonds. The van der Waals surface area contributed by atoms with E-state index in [2.05, 4.69) is 39.9 Å². The van der Waals surface area contributed by atoms with Crippen molar-refractivity contribution in [2.24, 2.45) is 11.8 Å². The number of hydrogen-bond acceptors (Lipinski definition) is 7. The second kappa shape index (κ2) is 12.1. The molecule has 2 saturated carbocycles. The molecule has 1 aromatic carbocycles. The van der Waals surface area contributed by atoms with Gasteiger partial charge in [-0.25, -0.2) is 15.0 Å². The molecule has 2 fully saturated rings. The van der Waals surface area contributed by atoms with E-state index in [9.17, 15) is 26.3 Å². The van der Waals surface area contributed by atoms with Crippen LogP contribution in [0.4, 0.5) is 38.1 Å². The highest BCUT2D eigenvalue weighted by molar-refractivity contribution is 5.58. The molecule has 0 N–H and O–H groups in total. The first-order valence-electron chi connectivity index (χ1n) is 16.3. The van der Waals surface area contributed by atoms with Crippen molar-refractivity contribution in [3.8, 4) is 11.3 Å². The van der Waals surface area contributed by atoms with Gasteiger partial charge in [-0.3, -0.25) is 0 Å². The number of anilines is 2. The van der Waals surface area contributed by atoms with Crippen molar-refractivity contribution in [2.75, 3.05) is 22.9 Å². The van der Waals surface area contributed by atoms with Gasteiger partial charge in [0.05, 0.1) is 16.8 Å². The quantitative estimate of drug-likeness (QED) is 0.148. The third-order valence-corrected chi connectivity index (χ3v) is 9.51. The van der Waals surface area contributed by atoms with E-state index in [1.807, 2.05) is 0 Å². The maximum absolute atomic E-state index is 13.8. The van der Waals surface area contributed by atoms with Crippen LogP contribution in [0.1, 0.15) is 79.5 Å². The summed E-state index contributed by atoms with van der Waals surface area (Å²) in [6, 6.07) is 5.44. The average molecular weight is 671 g/mol. The molecule has 0 spiro atoms. The lowest BCUT2D eigenvalue weighted by Gasteiger charge is -2.31. The van der Waals surface area contributed by atoms with E-state index < -0.39 is 23.5 Å². The number of hydrogen-bond donors (Lipinski definition) is 0. The smallest absolute Gasteiger partial charge is 0.364 e. The lowest BCUT2D eigenvalue weighted by Crippen LogP contribution is -2.33. The highest BCUT2D eigenvalue weighted by atomic mass is 19.4. The van der Waals surface area contributed by atoms with E-state index >= 15 is 0 Å². The Morgan fingerprint density at radius 2 is 1.46 bits per heavy atom. The largest absolute Gasteiger partial charge is 0.416 e. The Kier molecular flexibility index (Phi) is 8.14. The molecule has 0 unspecified atom stereocenters. The summed E-state index contributed by atoms with van der Waals surface area (Å²) in [6.07, 6.45) is 0.880. The fourth-order valence-corrected chi connectivity index (χ4v) is 6.51. The van der Waals surface area contributed by atoms with Gasteiger partial charge >= 0.3 is 12.4 Å². The second-order valence-corrected chi connectivity index (χ2v) is 14.1. The second-order valence-electron chi connectivity index (χ2n) is 14.1. The number of aryl methyl sites for hydroxylation is 1. The molecule has 0 bridgehead atoms. The first-order valence-corrected chi connectivity index (χ1v) is 16.3. The number of aromatic nitrogens is 4. The van der Waals surface area contributed by atoms with Crippen LogP contribution < -0.4 is 9.80 Å². The van der Waals surface area contributed by atoms with Gasteiger partial charge in [-0.1, -0.05) is 19.0 Å². The van der Waals surface area contributed by atoms with Crippen LogP contribution >= 0.6 is 0 Å². The van der Waals surface area contributed by atoms with Crippen molar-refractivity contribution in [3.63, 3.8) is 0 Å². The normalized spacial score (nSPS) is 17.4. The molecule has 7 rings (SSSR count). The van der Waals surface area contributed by atoms with Gasteiger partial charge in [0.2, 0.25) is 5.95 Å². The molecule has 0 radical (unpaired) electrons. The summed E-state index contributed by atoms with van der Waals surface area (Å²) in [6.45, 7) is 5.92. The first-order chi connectivity index (χ1) is 22.7. The zero-order valence-electron chi connectivity index (χ0n) is 26.7. The van der Waals surface area contributed by atoms with Crippen molar-refractivity contribution < 1.29 is 30.9 Å². The van der Waals surface area contributed by atoms with Gasteiger partial charge in [0.1, 0.15) is 17.8 Å². The van der Waals surface area contributed by atoms with Crippen LogP contribution in [0, 0.1) is 11.8 Å². The molecule has 0 aliphatic heterocycles. The summed E-state index contributed by atoms with van der Waals surface area (Å²) in [7, 11) is 0. The maximum Gasteiger partial charge on any atom is 0.416 e. The molecular formula is C35H36F6N6O. The zero-order chi connectivity index (χ0) is 33.8. The Hall–Kier alpha value is -4.16. The fraction of sp³-hybridized carbons (Fsp3) is 0.486. The van der Waals surface area contributed by atoms with Gasteiger partial charge in [-0.05, 0) is 85.8 Å². The lowest BCUT2D eigenvalue weighted by atomic mass is 9.90.